The Morgan fingerprint density at radius 3 is 2.55 bits per heavy atom. The molecule has 2 aromatic heterocycles. The minimum absolute atomic E-state index is 0.262. The van der Waals surface area contributed by atoms with E-state index in [1.54, 1.807) is 16.8 Å². The van der Waals surface area contributed by atoms with Gasteiger partial charge in [0.15, 0.2) is 11.5 Å². The van der Waals surface area contributed by atoms with E-state index in [0.29, 0.717) is 22.0 Å². The number of nitrogens with zero attached hydrogens (tertiary/aromatic N) is 4. The molecular formula is C25H20ClN5O2. The van der Waals surface area contributed by atoms with E-state index in [0.717, 1.165) is 33.5 Å². The van der Waals surface area contributed by atoms with Crippen LogP contribution in [0.5, 0.6) is 0 Å². The van der Waals surface area contributed by atoms with Crippen molar-refractivity contribution in [3.05, 3.63) is 88.2 Å². The molecule has 1 N–H and O–H groups in total. The van der Waals surface area contributed by atoms with Crippen molar-refractivity contribution in [2.75, 3.05) is 5.32 Å². The second-order valence-electron chi connectivity index (χ2n) is 7.93. The van der Waals surface area contributed by atoms with Gasteiger partial charge in [0.05, 0.1) is 16.8 Å². The number of fused-ring (bicyclic) bond motifs is 1. The maximum atomic E-state index is 12.9. The van der Waals surface area contributed by atoms with Crippen molar-refractivity contribution in [2.24, 2.45) is 0 Å². The maximum Gasteiger partial charge on any atom is 0.278 e. The molecular weight excluding hydrogens is 438 g/mol. The van der Waals surface area contributed by atoms with Gasteiger partial charge in [-0.15, -0.1) is 5.10 Å². The summed E-state index contributed by atoms with van der Waals surface area (Å²) in [5.74, 6) is 0.327. The molecule has 0 spiro atoms. The molecule has 2 heterocycles. The third-order valence-electron chi connectivity index (χ3n) is 5.55. The highest BCUT2D eigenvalue weighted by molar-refractivity contribution is 6.30. The Morgan fingerprint density at radius 2 is 1.79 bits per heavy atom. The fourth-order valence-corrected chi connectivity index (χ4v) is 3.92. The van der Waals surface area contributed by atoms with Crippen molar-refractivity contribution in [1.29, 1.82) is 0 Å². The fourth-order valence-electron chi connectivity index (χ4n) is 3.79. The SMILES string of the molecule is Cc1ccc(NC(=O)c2nnn(-c3ccc4noc(-c5ccc(Cl)cc5)c4c3)c2C)c(C)c1. The molecule has 0 fully saturated rings. The van der Waals surface area contributed by atoms with Crippen LogP contribution >= 0.6 is 11.6 Å². The summed E-state index contributed by atoms with van der Waals surface area (Å²) in [5.41, 5.74) is 6.09. The number of aromatic nitrogens is 4. The molecule has 0 bridgehead atoms. The van der Waals surface area contributed by atoms with Crippen LogP contribution < -0.4 is 5.32 Å². The molecule has 0 atom stereocenters. The van der Waals surface area contributed by atoms with Crippen LogP contribution in [0.25, 0.3) is 27.9 Å². The Bertz CT molecular complexity index is 1500. The highest BCUT2D eigenvalue weighted by Gasteiger charge is 2.19. The molecule has 3 aromatic carbocycles. The third kappa shape index (κ3) is 3.87. The van der Waals surface area contributed by atoms with Gasteiger partial charge in [-0.3, -0.25) is 4.79 Å². The molecule has 0 aliphatic heterocycles. The number of aryl methyl sites for hydroxylation is 2. The van der Waals surface area contributed by atoms with E-state index in [-0.39, 0.29) is 11.6 Å². The van der Waals surface area contributed by atoms with Crippen LogP contribution in [-0.2, 0) is 0 Å². The van der Waals surface area contributed by atoms with Gasteiger partial charge < -0.3 is 9.84 Å². The van der Waals surface area contributed by atoms with Crippen molar-refractivity contribution in [3.8, 4) is 17.0 Å². The van der Waals surface area contributed by atoms with Gasteiger partial charge in [-0.05, 0) is 74.9 Å². The summed E-state index contributed by atoms with van der Waals surface area (Å²) in [5, 5.41) is 16.9. The summed E-state index contributed by atoms with van der Waals surface area (Å²) < 4.78 is 7.22. The Balaban J connectivity index is 1.49. The lowest BCUT2D eigenvalue weighted by molar-refractivity contribution is 0.102. The Hall–Kier alpha value is -3.97. The predicted molar refractivity (Wildman–Crippen MR) is 128 cm³/mol. The number of nitrogens with one attached hydrogen (secondary N) is 1. The van der Waals surface area contributed by atoms with Crippen molar-refractivity contribution >= 4 is 34.1 Å². The Morgan fingerprint density at radius 1 is 1.00 bits per heavy atom. The van der Waals surface area contributed by atoms with Crippen molar-refractivity contribution < 1.29 is 9.32 Å². The molecule has 0 radical (unpaired) electrons. The average molecular weight is 458 g/mol. The standard InChI is InChI=1S/C25H20ClN5O2/c1-14-4-10-21(15(2)12-14)27-25(32)23-16(3)31(30-28-23)19-9-11-22-20(13-19)24(33-29-22)17-5-7-18(26)8-6-17/h4-13H,1-3H3,(H,27,32). The molecule has 5 rings (SSSR count). The summed E-state index contributed by atoms with van der Waals surface area (Å²) >= 11 is 6.01. The van der Waals surface area contributed by atoms with Crippen LogP contribution in [0.15, 0.2) is 65.2 Å². The normalized spacial score (nSPS) is 11.2. The zero-order valence-corrected chi connectivity index (χ0v) is 19.0. The van der Waals surface area contributed by atoms with Gasteiger partial charge in [0, 0.05) is 16.3 Å². The highest BCUT2D eigenvalue weighted by atomic mass is 35.5. The van der Waals surface area contributed by atoms with Gasteiger partial charge in [0.2, 0.25) is 0 Å². The average Bonchev–Trinajstić information content (AvgIpc) is 3.39. The first-order chi connectivity index (χ1) is 15.9. The van der Waals surface area contributed by atoms with Crippen LogP contribution in [0.2, 0.25) is 5.02 Å². The van der Waals surface area contributed by atoms with E-state index in [1.165, 1.54) is 0 Å². The molecule has 0 aliphatic rings. The Labute approximate surface area is 195 Å². The lowest BCUT2D eigenvalue weighted by Crippen LogP contribution is -2.15. The number of hydrogen-bond donors (Lipinski definition) is 1. The molecule has 164 valence electrons. The number of halogens is 1. The number of benzene rings is 3. The molecule has 0 aliphatic carbocycles. The first-order valence-electron chi connectivity index (χ1n) is 10.4. The second-order valence-corrected chi connectivity index (χ2v) is 8.36. The van der Waals surface area contributed by atoms with E-state index < -0.39 is 0 Å². The summed E-state index contributed by atoms with van der Waals surface area (Å²) in [6, 6.07) is 18.9. The number of amides is 1. The minimum atomic E-state index is -0.307. The fraction of sp³-hybridized carbons (Fsp3) is 0.120. The maximum absolute atomic E-state index is 12.9. The van der Waals surface area contributed by atoms with Gasteiger partial charge in [-0.25, -0.2) is 4.68 Å². The number of carbonyl (C=O) groups excluding carboxylic acids is 1. The molecule has 7 nitrogen and oxygen atoms in total. The lowest BCUT2D eigenvalue weighted by Gasteiger charge is -2.08. The van der Waals surface area contributed by atoms with E-state index >= 15 is 0 Å². The van der Waals surface area contributed by atoms with E-state index in [1.807, 2.05) is 69.3 Å². The summed E-state index contributed by atoms with van der Waals surface area (Å²) in [4.78, 5) is 12.9. The van der Waals surface area contributed by atoms with Crippen LogP contribution in [0, 0.1) is 20.8 Å². The van der Waals surface area contributed by atoms with Gasteiger partial charge in [-0.2, -0.15) is 0 Å². The zero-order chi connectivity index (χ0) is 23.1. The molecule has 1 amide bonds. The van der Waals surface area contributed by atoms with E-state index in [4.69, 9.17) is 16.1 Å². The number of carbonyl (C=O) groups is 1. The monoisotopic (exact) mass is 457 g/mol. The number of hydrogen-bond acceptors (Lipinski definition) is 5. The zero-order valence-electron chi connectivity index (χ0n) is 18.3. The number of rotatable bonds is 4. The number of anilines is 1. The first-order valence-corrected chi connectivity index (χ1v) is 10.7. The summed E-state index contributed by atoms with van der Waals surface area (Å²) in [6.45, 7) is 5.78. The molecule has 5 aromatic rings. The molecule has 0 saturated heterocycles. The summed E-state index contributed by atoms with van der Waals surface area (Å²) in [6.07, 6.45) is 0. The largest absolute Gasteiger partial charge is 0.355 e. The van der Waals surface area contributed by atoms with Crippen LogP contribution in [0.1, 0.15) is 27.3 Å². The molecule has 0 unspecified atom stereocenters. The minimum Gasteiger partial charge on any atom is -0.355 e. The third-order valence-corrected chi connectivity index (χ3v) is 5.80. The van der Waals surface area contributed by atoms with Crippen molar-refractivity contribution in [1.82, 2.24) is 20.2 Å². The molecule has 0 saturated carbocycles. The molecule has 33 heavy (non-hydrogen) atoms. The topological polar surface area (TPSA) is 85.8 Å². The van der Waals surface area contributed by atoms with Gasteiger partial charge in [0.1, 0.15) is 5.52 Å². The molecule has 8 heteroatoms. The van der Waals surface area contributed by atoms with Gasteiger partial charge in [0.25, 0.3) is 5.91 Å². The van der Waals surface area contributed by atoms with Crippen molar-refractivity contribution in [2.45, 2.75) is 20.8 Å². The lowest BCUT2D eigenvalue weighted by atomic mass is 10.1. The second kappa shape index (κ2) is 8.18. The van der Waals surface area contributed by atoms with E-state index in [9.17, 15) is 4.79 Å². The van der Waals surface area contributed by atoms with Crippen LogP contribution in [0.3, 0.4) is 0 Å². The predicted octanol–water partition coefficient (Wildman–Crippen LogP) is 5.91. The smallest absolute Gasteiger partial charge is 0.278 e. The van der Waals surface area contributed by atoms with Crippen LogP contribution in [0.4, 0.5) is 5.69 Å². The summed E-state index contributed by atoms with van der Waals surface area (Å²) in [7, 11) is 0. The van der Waals surface area contributed by atoms with E-state index in [2.05, 4.69) is 20.8 Å². The first kappa shape index (κ1) is 20.9. The highest BCUT2D eigenvalue weighted by Crippen LogP contribution is 2.31. The van der Waals surface area contributed by atoms with Gasteiger partial charge in [-0.1, -0.05) is 39.7 Å². The van der Waals surface area contributed by atoms with Gasteiger partial charge >= 0.3 is 0 Å². The Kier molecular flexibility index (Phi) is 5.18. The quantitative estimate of drug-likeness (QED) is 0.362. The van der Waals surface area contributed by atoms with Crippen LogP contribution in [-0.4, -0.2) is 26.1 Å². The van der Waals surface area contributed by atoms with Crippen molar-refractivity contribution in [3.63, 3.8) is 0 Å².